The third-order valence-electron chi connectivity index (χ3n) is 2.82. The molecule has 0 amide bonds. The Balaban J connectivity index is 1.68. The quantitative estimate of drug-likeness (QED) is 0.834. The fourth-order valence-corrected chi connectivity index (χ4v) is 3.14. The first-order chi connectivity index (χ1) is 7.38. The summed E-state index contributed by atoms with van der Waals surface area (Å²) in [5, 5.41) is 3.47. The van der Waals surface area contributed by atoms with Crippen LogP contribution in [-0.4, -0.2) is 18.1 Å². The summed E-state index contributed by atoms with van der Waals surface area (Å²) >= 11 is 2.07. The molecule has 1 N–H and O–H groups in total. The van der Waals surface area contributed by atoms with Crippen LogP contribution in [0.3, 0.4) is 0 Å². The lowest BCUT2D eigenvalue weighted by atomic mass is 10.1. The molecular formula is C12H19NOS. The van der Waals surface area contributed by atoms with Crippen LogP contribution < -0.4 is 5.32 Å². The highest BCUT2D eigenvalue weighted by Crippen LogP contribution is 2.22. The maximum absolute atomic E-state index is 5.63. The molecule has 0 aromatic carbocycles. The minimum atomic E-state index is 0.871. The summed E-state index contributed by atoms with van der Waals surface area (Å²) in [4.78, 5) is 0. The molecule has 1 aliphatic heterocycles. The fraction of sp³-hybridized carbons (Fsp3) is 0.667. The van der Waals surface area contributed by atoms with Gasteiger partial charge in [-0.1, -0.05) is 6.92 Å². The van der Waals surface area contributed by atoms with E-state index in [9.17, 15) is 0 Å². The van der Waals surface area contributed by atoms with E-state index in [1.165, 1.54) is 17.9 Å². The van der Waals surface area contributed by atoms with E-state index in [1.54, 1.807) is 0 Å². The Morgan fingerprint density at radius 1 is 1.47 bits per heavy atom. The van der Waals surface area contributed by atoms with Crippen LogP contribution in [0.25, 0.3) is 0 Å². The summed E-state index contributed by atoms with van der Waals surface area (Å²) in [7, 11) is 0. The molecule has 1 aromatic heterocycles. The summed E-state index contributed by atoms with van der Waals surface area (Å²) in [6.45, 7) is 4.13. The van der Waals surface area contributed by atoms with Crippen molar-refractivity contribution in [3.63, 3.8) is 0 Å². The van der Waals surface area contributed by atoms with Gasteiger partial charge in [0, 0.05) is 6.42 Å². The van der Waals surface area contributed by atoms with E-state index in [1.807, 2.05) is 0 Å². The lowest BCUT2D eigenvalue weighted by molar-refractivity contribution is 0.435. The minimum Gasteiger partial charge on any atom is -0.465 e. The van der Waals surface area contributed by atoms with Crippen LogP contribution in [0, 0.1) is 5.92 Å². The maximum atomic E-state index is 5.63. The normalized spacial score (nSPS) is 21.0. The molecule has 15 heavy (non-hydrogen) atoms. The number of furan rings is 1. The molecule has 0 aliphatic carbocycles. The van der Waals surface area contributed by atoms with Crippen LogP contribution in [0.2, 0.25) is 0 Å². The average Bonchev–Trinajstić information content (AvgIpc) is 2.88. The third kappa shape index (κ3) is 3.28. The Labute approximate surface area is 95.8 Å². The van der Waals surface area contributed by atoms with E-state index in [2.05, 4.69) is 36.1 Å². The van der Waals surface area contributed by atoms with E-state index in [-0.39, 0.29) is 0 Å². The number of hydrogen-bond acceptors (Lipinski definition) is 3. The number of nitrogens with one attached hydrogen (secondary N) is 1. The molecule has 84 valence electrons. The van der Waals surface area contributed by atoms with Gasteiger partial charge >= 0.3 is 0 Å². The molecule has 0 bridgehead atoms. The predicted octanol–water partition coefficient (Wildman–Crippen LogP) is 2.68. The van der Waals surface area contributed by atoms with Crippen LogP contribution in [-0.2, 0) is 13.0 Å². The van der Waals surface area contributed by atoms with Crippen LogP contribution in [0.5, 0.6) is 0 Å². The first-order valence-electron chi connectivity index (χ1n) is 5.74. The van der Waals surface area contributed by atoms with Crippen molar-refractivity contribution in [2.24, 2.45) is 5.92 Å². The van der Waals surface area contributed by atoms with E-state index in [0.29, 0.717) is 0 Å². The Bertz CT molecular complexity index is 292. The first-order valence-corrected chi connectivity index (χ1v) is 6.90. The summed E-state index contributed by atoms with van der Waals surface area (Å²) in [6.07, 6.45) is 2.36. The first kappa shape index (κ1) is 11.1. The highest BCUT2D eigenvalue weighted by atomic mass is 32.2. The summed E-state index contributed by atoms with van der Waals surface area (Å²) in [6, 6.07) is 4.15. The third-order valence-corrected chi connectivity index (χ3v) is 4.05. The van der Waals surface area contributed by atoms with Gasteiger partial charge in [-0.25, -0.2) is 0 Å². The topological polar surface area (TPSA) is 25.2 Å². The van der Waals surface area contributed by atoms with E-state index >= 15 is 0 Å². The second-order valence-electron chi connectivity index (χ2n) is 4.08. The van der Waals surface area contributed by atoms with Crippen LogP contribution >= 0.6 is 11.8 Å². The van der Waals surface area contributed by atoms with Crippen molar-refractivity contribution in [3.05, 3.63) is 23.7 Å². The van der Waals surface area contributed by atoms with Gasteiger partial charge in [0.25, 0.3) is 0 Å². The lowest BCUT2D eigenvalue weighted by Gasteiger charge is -2.08. The van der Waals surface area contributed by atoms with E-state index in [4.69, 9.17) is 4.42 Å². The van der Waals surface area contributed by atoms with Crippen molar-refractivity contribution in [1.82, 2.24) is 5.32 Å². The van der Waals surface area contributed by atoms with Gasteiger partial charge in [-0.2, -0.15) is 11.8 Å². The zero-order valence-electron chi connectivity index (χ0n) is 9.29. The Hall–Kier alpha value is -0.410. The van der Waals surface area contributed by atoms with Crippen LogP contribution in [0.15, 0.2) is 16.5 Å². The largest absolute Gasteiger partial charge is 0.465 e. The van der Waals surface area contributed by atoms with Crippen molar-refractivity contribution in [2.45, 2.75) is 26.3 Å². The second-order valence-corrected chi connectivity index (χ2v) is 5.23. The maximum Gasteiger partial charge on any atom is 0.117 e. The monoisotopic (exact) mass is 225 g/mol. The molecule has 1 aliphatic rings. The molecule has 2 nitrogen and oxygen atoms in total. The molecule has 0 radical (unpaired) electrons. The molecule has 1 atom stereocenters. The highest BCUT2D eigenvalue weighted by molar-refractivity contribution is 7.99. The predicted molar refractivity (Wildman–Crippen MR) is 65.2 cm³/mol. The molecular weight excluding hydrogens is 206 g/mol. The summed E-state index contributed by atoms with van der Waals surface area (Å²) in [5.41, 5.74) is 0. The molecule has 1 aromatic rings. The SMILES string of the molecule is CCc1ccc(CNCC2CCSC2)o1. The van der Waals surface area contributed by atoms with Gasteiger partial charge in [0.1, 0.15) is 11.5 Å². The van der Waals surface area contributed by atoms with Gasteiger partial charge in [-0.15, -0.1) is 0 Å². The molecule has 2 heterocycles. The Kier molecular flexibility index (Phi) is 4.15. The molecule has 2 rings (SSSR count). The van der Waals surface area contributed by atoms with Gasteiger partial charge in [0.2, 0.25) is 0 Å². The van der Waals surface area contributed by atoms with Crippen molar-refractivity contribution in [2.75, 3.05) is 18.1 Å². The molecule has 3 heteroatoms. The zero-order valence-corrected chi connectivity index (χ0v) is 10.1. The van der Waals surface area contributed by atoms with Crippen molar-refractivity contribution < 1.29 is 4.42 Å². The number of rotatable bonds is 5. The fourth-order valence-electron chi connectivity index (χ4n) is 1.85. The van der Waals surface area contributed by atoms with Gasteiger partial charge in [0.05, 0.1) is 6.54 Å². The van der Waals surface area contributed by atoms with Crippen LogP contribution in [0.4, 0.5) is 0 Å². The van der Waals surface area contributed by atoms with Gasteiger partial charge in [-0.05, 0) is 42.5 Å². The molecule has 1 saturated heterocycles. The second kappa shape index (κ2) is 5.61. The van der Waals surface area contributed by atoms with E-state index < -0.39 is 0 Å². The molecule has 0 spiro atoms. The average molecular weight is 225 g/mol. The van der Waals surface area contributed by atoms with Crippen LogP contribution in [0.1, 0.15) is 24.9 Å². The van der Waals surface area contributed by atoms with Crippen molar-refractivity contribution in [3.8, 4) is 0 Å². The van der Waals surface area contributed by atoms with Gasteiger partial charge < -0.3 is 9.73 Å². The number of hydrogen-bond donors (Lipinski definition) is 1. The molecule has 0 saturated carbocycles. The summed E-state index contributed by atoms with van der Waals surface area (Å²) < 4.78 is 5.63. The zero-order chi connectivity index (χ0) is 10.5. The molecule has 1 unspecified atom stereocenters. The Morgan fingerprint density at radius 3 is 3.00 bits per heavy atom. The lowest BCUT2D eigenvalue weighted by Crippen LogP contribution is -2.21. The Morgan fingerprint density at radius 2 is 2.33 bits per heavy atom. The highest BCUT2D eigenvalue weighted by Gasteiger charge is 2.14. The smallest absolute Gasteiger partial charge is 0.117 e. The standard InChI is InChI=1S/C12H19NOS/c1-2-11-3-4-12(14-11)8-13-7-10-5-6-15-9-10/h3-4,10,13H,2,5-9H2,1H3. The van der Waals surface area contributed by atoms with Gasteiger partial charge in [-0.3, -0.25) is 0 Å². The molecule has 1 fully saturated rings. The number of aryl methyl sites for hydroxylation is 1. The van der Waals surface area contributed by atoms with Crippen molar-refractivity contribution >= 4 is 11.8 Å². The summed E-state index contributed by atoms with van der Waals surface area (Å²) in [5.74, 6) is 5.69. The minimum absolute atomic E-state index is 0.871. The van der Waals surface area contributed by atoms with Gasteiger partial charge in [0.15, 0.2) is 0 Å². The van der Waals surface area contributed by atoms with Crippen molar-refractivity contribution in [1.29, 1.82) is 0 Å². The number of thioether (sulfide) groups is 1. The van der Waals surface area contributed by atoms with E-state index in [0.717, 1.165) is 36.9 Å².